The van der Waals surface area contributed by atoms with Gasteiger partial charge in [0.1, 0.15) is 11.6 Å². The van der Waals surface area contributed by atoms with Crippen LogP contribution in [0.1, 0.15) is 12.5 Å². The maximum Gasteiger partial charge on any atom is 0.133 e. The molecule has 0 saturated carbocycles. The van der Waals surface area contributed by atoms with Crippen molar-refractivity contribution < 1.29 is 4.39 Å². The fourth-order valence-corrected chi connectivity index (χ4v) is 1.96. The second kappa shape index (κ2) is 5.83. The molecule has 0 unspecified atom stereocenters. The average molecular weight is 265 g/mol. The molecule has 18 heavy (non-hydrogen) atoms. The molecule has 0 N–H and O–H groups in total. The molecule has 0 bridgehead atoms. The molecule has 0 aliphatic rings. The van der Waals surface area contributed by atoms with Crippen molar-refractivity contribution in [3.8, 4) is 0 Å². The molecule has 0 atom stereocenters. The fraction of sp³-hybridized carbons (Fsp3) is 0.214. The van der Waals surface area contributed by atoms with Crippen LogP contribution in [0.25, 0.3) is 0 Å². The Morgan fingerprint density at radius 1 is 1.22 bits per heavy atom. The lowest BCUT2D eigenvalue weighted by molar-refractivity contribution is 0.628. The van der Waals surface area contributed by atoms with Gasteiger partial charge in [-0.1, -0.05) is 0 Å². The smallest absolute Gasteiger partial charge is 0.133 e. The second-order valence-electron chi connectivity index (χ2n) is 3.88. The van der Waals surface area contributed by atoms with Gasteiger partial charge < -0.3 is 4.90 Å². The SMILES string of the molecule is CCN(c1ccc(F)cc1)c1cc(CCl)ccn1. The highest BCUT2D eigenvalue weighted by Crippen LogP contribution is 2.24. The zero-order chi connectivity index (χ0) is 13.0. The van der Waals surface area contributed by atoms with Crippen molar-refractivity contribution in [1.82, 2.24) is 4.98 Å². The van der Waals surface area contributed by atoms with Crippen LogP contribution in [0.2, 0.25) is 0 Å². The van der Waals surface area contributed by atoms with Crippen molar-refractivity contribution in [2.45, 2.75) is 12.8 Å². The molecule has 0 amide bonds. The Labute approximate surface area is 111 Å². The monoisotopic (exact) mass is 264 g/mol. The summed E-state index contributed by atoms with van der Waals surface area (Å²) in [5, 5.41) is 0. The summed E-state index contributed by atoms with van der Waals surface area (Å²) in [5.41, 5.74) is 1.93. The first-order chi connectivity index (χ1) is 8.74. The molecule has 2 rings (SSSR count). The predicted octanol–water partition coefficient (Wildman–Crippen LogP) is 4.12. The molecular weight excluding hydrogens is 251 g/mol. The van der Waals surface area contributed by atoms with E-state index in [1.807, 2.05) is 24.0 Å². The normalized spacial score (nSPS) is 10.4. The van der Waals surface area contributed by atoms with E-state index in [2.05, 4.69) is 4.98 Å². The summed E-state index contributed by atoms with van der Waals surface area (Å²) < 4.78 is 12.9. The van der Waals surface area contributed by atoms with Crippen molar-refractivity contribution in [3.05, 3.63) is 54.0 Å². The average Bonchev–Trinajstić information content (AvgIpc) is 2.42. The minimum absolute atomic E-state index is 0.239. The van der Waals surface area contributed by atoms with Crippen molar-refractivity contribution in [3.63, 3.8) is 0 Å². The van der Waals surface area contributed by atoms with E-state index < -0.39 is 0 Å². The van der Waals surface area contributed by atoms with Gasteiger partial charge in [-0.3, -0.25) is 0 Å². The van der Waals surface area contributed by atoms with Crippen LogP contribution in [0, 0.1) is 5.82 Å². The van der Waals surface area contributed by atoms with Gasteiger partial charge in [-0.25, -0.2) is 9.37 Å². The third kappa shape index (κ3) is 2.79. The molecule has 0 aliphatic carbocycles. The third-order valence-corrected chi connectivity index (χ3v) is 3.00. The van der Waals surface area contributed by atoms with Gasteiger partial charge in [-0.05, 0) is 48.9 Å². The first-order valence-corrected chi connectivity index (χ1v) is 6.32. The van der Waals surface area contributed by atoms with Crippen LogP contribution in [0.5, 0.6) is 0 Å². The van der Waals surface area contributed by atoms with Gasteiger partial charge in [0.2, 0.25) is 0 Å². The first-order valence-electron chi connectivity index (χ1n) is 5.78. The van der Waals surface area contributed by atoms with Crippen molar-refractivity contribution in [2.75, 3.05) is 11.4 Å². The minimum atomic E-state index is -0.239. The number of aromatic nitrogens is 1. The number of rotatable bonds is 4. The van der Waals surface area contributed by atoms with E-state index in [9.17, 15) is 4.39 Å². The van der Waals surface area contributed by atoms with Crippen LogP contribution in [0.4, 0.5) is 15.9 Å². The Kier molecular flexibility index (Phi) is 4.15. The molecular formula is C14H14ClFN2. The highest BCUT2D eigenvalue weighted by molar-refractivity contribution is 6.17. The maximum atomic E-state index is 12.9. The number of alkyl halides is 1. The standard InChI is InChI=1S/C14H14ClFN2/c1-2-18(13-5-3-12(16)4-6-13)14-9-11(10-15)7-8-17-14/h3-9H,2,10H2,1H3. The van der Waals surface area contributed by atoms with E-state index in [1.54, 1.807) is 18.3 Å². The van der Waals surface area contributed by atoms with Crippen LogP contribution >= 0.6 is 11.6 Å². The van der Waals surface area contributed by atoms with E-state index in [-0.39, 0.29) is 5.82 Å². The van der Waals surface area contributed by atoms with Gasteiger partial charge in [-0.2, -0.15) is 0 Å². The molecule has 2 nitrogen and oxygen atoms in total. The van der Waals surface area contributed by atoms with Crippen LogP contribution in [0.15, 0.2) is 42.6 Å². The Morgan fingerprint density at radius 3 is 2.56 bits per heavy atom. The number of halogens is 2. The molecule has 1 aromatic heterocycles. The number of hydrogen-bond acceptors (Lipinski definition) is 2. The lowest BCUT2D eigenvalue weighted by Crippen LogP contribution is -2.17. The largest absolute Gasteiger partial charge is 0.327 e. The molecule has 0 aliphatic heterocycles. The van der Waals surface area contributed by atoms with Gasteiger partial charge in [0.15, 0.2) is 0 Å². The van der Waals surface area contributed by atoms with E-state index in [0.29, 0.717) is 5.88 Å². The van der Waals surface area contributed by atoms with E-state index in [4.69, 9.17) is 11.6 Å². The molecule has 0 radical (unpaired) electrons. The van der Waals surface area contributed by atoms with E-state index in [1.165, 1.54) is 12.1 Å². The molecule has 1 heterocycles. The van der Waals surface area contributed by atoms with Crippen LogP contribution in [-0.2, 0) is 5.88 Å². The van der Waals surface area contributed by atoms with Gasteiger partial charge in [0.05, 0.1) is 0 Å². The quantitative estimate of drug-likeness (QED) is 0.773. The summed E-state index contributed by atoms with van der Waals surface area (Å²) in [7, 11) is 0. The van der Waals surface area contributed by atoms with Crippen LogP contribution in [0.3, 0.4) is 0 Å². The summed E-state index contributed by atoms with van der Waals surface area (Å²) in [4.78, 5) is 6.34. The van der Waals surface area contributed by atoms with E-state index >= 15 is 0 Å². The van der Waals surface area contributed by atoms with Crippen molar-refractivity contribution >= 4 is 23.1 Å². The Morgan fingerprint density at radius 2 is 1.94 bits per heavy atom. The lowest BCUT2D eigenvalue weighted by Gasteiger charge is -2.22. The number of benzene rings is 1. The Hall–Kier alpha value is -1.61. The number of nitrogens with zero attached hydrogens (tertiary/aromatic N) is 2. The molecule has 0 saturated heterocycles. The summed E-state index contributed by atoms with van der Waals surface area (Å²) in [6.45, 7) is 2.78. The molecule has 0 spiro atoms. The molecule has 94 valence electrons. The van der Waals surface area contributed by atoms with E-state index in [0.717, 1.165) is 23.6 Å². The van der Waals surface area contributed by atoms with Gasteiger partial charge in [0.25, 0.3) is 0 Å². The third-order valence-electron chi connectivity index (χ3n) is 2.70. The van der Waals surface area contributed by atoms with Crippen LogP contribution in [-0.4, -0.2) is 11.5 Å². The van der Waals surface area contributed by atoms with Gasteiger partial charge in [0, 0.05) is 24.3 Å². The molecule has 2 aromatic rings. The summed E-state index contributed by atoms with van der Waals surface area (Å²) in [6, 6.07) is 10.2. The first kappa shape index (κ1) is 12.8. The number of pyridine rings is 1. The molecule has 4 heteroatoms. The number of anilines is 2. The van der Waals surface area contributed by atoms with Crippen molar-refractivity contribution in [1.29, 1.82) is 0 Å². The zero-order valence-electron chi connectivity index (χ0n) is 10.1. The minimum Gasteiger partial charge on any atom is -0.327 e. The molecule has 1 aromatic carbocycles. The zero-order valence-corrected chi connectivity index (χ0v) is 10.9. The fourth-order valence-electron chi connectivity index (χ4n) is 1.79. The summed E-state index contributed by atoms with van der Waals surface area (Å²) >= 11 is 5.82. The van der Waals surface area contributed by atoms with Gasteiger partial charge >= 0.3 is 0 Å². The van der Waals surface area contributed by atoms with Crippen LogP contribution < -0.4 is 4.90 Å². The second-order valence-corrected chi connectivity index (χ2v) is 4.14. The predicted molar refractivity (Wildman–Crippen MR) is 72.9 cm³/mol. The van der Waals surface area contributed by atoms with Crippen molar-refractivity contribution in [2.24, 2.45) is 0 Å². The topological polar surface area (TPSA) is 16.1 Å². The highest BCUT2D eigenvalue weighted by Gasteiger charge is 2.09. The Balaban J connectivity index is 2.35. The summed E-state index contributed by atoms with van der Waals surface area (Å²) in [5.74, 6) is 1.04. The summed E-state index contributed by atoms with van der Waals surface area (Å²) in [6.07, 6.45) is 1.74. The molecule has 0 fully saturated rings. The number of hydrogen-bond donors (Lipinski definition) is 0. The maximum absolute atomic E-state index is 12.9. The lowest BCUT2D eigenvalue weighted by atomic mass is 10.2. The highest BCUT2D eigenvalue weighted by atomic mass is 35.5. The Bertz CT molecular complexity index is 513. The van der Waals surface area contributed by atoms with Gasteiger partial charge in [-0.15, -0.1) is 11.6 Å².